The first kappa shape index (κ1) is 10.8. The van der Waals surface area contributed by atoms with Crippen molar-refractivity contribution in [2.24, 2.45) is 11.7 Å². The summed E-state index contributed by atoms with van der Waals surface area (Å²) in [6.45, 7) is 0. The third-order valence-electron chi connectivity index (χ3n) is 4.25. The maximum absolute atomic E-state index is 6.36. The van der Waals surface area contributed by atoms with Gasteiger partial charge in [0.1, 0.15) is 0 Å². The Morgan fingerprint density at radius 3 is 2.69 bits per heavy atom. The molecule has 2 N–H and O–H groups in total. The third-order valence-corrected chi connectivity index (χ3v) is 5.59. The van der Waals surface area contributed by atoms with Crippen LogP contribution in [0, 0.1) is 5.92 Å². The molecule has 0 aliphatic heterocycles. The molecule has 88 valence electrons. The van der Waals surface area contributed by atoms with Crippen molar-refractivity contribution in [2.75, 3.05) is 0 Å². The lowest BCUT2D eigenvalue weighted by Gasteiger charge is -2.30. The van der Waals surface area contributed by atoms with Gasteiger partial charge in [0, 0.05) is 15.8 Å². The molecule has 2 aliphatic rings. The van der Waals surface area contributed by atoms with Gasteiger partial charge in [-0.15, -0.1) is 11.3 Å². The molecule has 2 aliphatic carbocycles. The van der Waals surface area contributed by atoms with Crippen LogP contribution in [0.2, 0.25) is 0 Å². The lowest BCUT2D eigenvalue weighted by molar-refractivity contribution is 0.267. The number of aryl methyl sites for hydroxylation is 2. The summed E-state index contributed by atoms with van der Waals surface area (Å²) in [6.07, 6.45) is 10.9. The fourth-order valence-corrected chi connectivity index (χ4v) is 4.24. The predicted molar refractivity (Wildman–Crippen MR) is 69.8 cm³/mol. The van der Waals surface area contributed by atoms with Crippen molar-refractivity contribution < 1.29 is 0 Å². The molecule has 1 atom stereocenters. The van der Waals surface area contributed by atoms with E-state index in [2.05, 4.69) is 6.07 Å². The second-order valence-electron chi connectivity index (χ2n) is 5.37. The van der Waals surface area contributed by atoms with E-state index in [1.807, 2.05) is 11.3 Å². The van der Waals surface area contributed by atoms with Crippen LogP contribution in [0.5, 0.6) is 0 Å². The molecule has 1 aromatic heterocycles. The molecule has 1 nitrogen and oxygen atoms in total. The average Bonchev–Trinajstić information content (AvgIpc) is 2.48. The minimum Gasteiger partial charge on any atom is -0.323 e. The number of hydrogen-bond acceptors (Lipinski definition) is 2. The van der Waals surface area contributed by atoms with E-state index in [0.29, 0.717) is 6.04 Å². The van der Waals surface area contributed by atoms with E-state index in [-0.39, 0.29) is 0 Å². The Labute approximate surface area is 102 Å². The van der Waals surface area contributed by atoms with Gasteiger partial charge in [0.15, 0.2) is 0 Å². The van der Waals surface area contributed by atoms with Gasteiger partial charge in [-0.25, -0.2) is 0 Å². The molecular weight excluding hydrogens is 214 g/mol. The molecule has 3 rings (SSSR count). The average molecular weight is 235 g/mol. The highest BCUT2D eigenvalue weighted by Crippen LogP contribution is 2.40. The molecule has 0 bridgehead atoms. The first-order chi connectivity index (χ1) is 7.84. The zero-order valence-electron chi connectivity index (χ0n) is 9.87. The van der Waals surface area contributed by atoms with E-state index in [4.69, 9.17) is 5.73 Å². The number of thiophene rings is 1. The Bertz CT molecular complexity index is 341. The number of rotatable bonds is 2. The first-order valence-corrected chi connectivity index (χ1v) is 7.53. The normalized spacial score (nSPS) is 23.3. The molecule has 2 heteroatoms. The molecule has 1 fully saturated rings. The SMILES string of the molecule is NC(c1cc2c(s1)CCCCC2)C1CCC1. The van der Waals surface area contributed by atoms with Gasteiger partial charge in [-0.1, -0.05) is 12.8 Å². The van der Waals surface area contributed by atoms with Crippen molar-refractivity contribution >= 4 is 11.3 Å². The summed E-state index contributed by atoms with van der Waals surface area (Å²) >= 11 is 2.01. The fraction of sp³-hybridized carbons (Fsp3) is 0.714. The minimum atomic E-state index is 0.339. The van der Waals surface area contributed by atoms with Gasteiger partial charge in [-0.2, -0.15) is 0 Å². The van der Waals surface area contributed by atoms with E-state index >= 15 is 0 Å². The van der Waals surface area contributed by atoms with E-state index in [1.165, 1.54) is 56.2 Å². The summed E-state index contributed by atoms with van der Waals surface area (Å²) in [6, 6.07) is 2.76. The maximum atomic E-state index is 6.36. The molecule has 1 heterocycles. The van der Waals surface area contributed by atoms with Gasteiger partial charge in [-0.3, -0.25) is 0 Å². The summed E-state index contributed by atoms with van der Waals surface area (Å²) < 4.78 is 0. The van der Waals surface area contributed by atoms with Gasteiger partial charge in [0.05, 0.1) is 0 Å². The van der Waals surface area contributed by atoms with Crippen LogP contribution < -0.4 is 5.73 Å². The molecular formula is C14H21NS. The second-order valence-corrected chi connectivity index (χ2v) is 6.54. The molecule has 16 heavy (non-hydrogen) atoms. The predicted octanol–water partition coefficient (Wildman–Crippen LogP) is 3.82. The molecule has 0 spiro atoms. The quantitative estimate of drug-likeness (QED) is 0.775. The van der Waals surface area contributed by atoms with Crippen LogP contribution in [0.25, 0.3) is 0 Å². The van der Waals surface area contributed by atoms with Gasteiger partial charge < -0.3 is 5.73 Å². The zero-order valence-corrected chi connectivity index (χ0v) is 10.7. The molecule has 0 aromatic carbocycles. The van der Waals surface area contributed by atoms with Crippen LogP contribution in [0.1, 0.15) is 59.9 Å². The van der Waals surface area contributed by atoms with Crippen LogP contribution in [-0.2, 0) is 12.8 Å². The second kappa shape index (κ2) is 4.50. The zero-order chi connectivity index (χ0) is 11.0. The Morgan fingerprint density at radius 2 is 1.94 bits per heavy atom. The van der Waals surface area contributed by atoms with Crippen LogP contribution in [0.3, 0.4) is 0 Å². The van der Waals surface area contributed by atoms with Crippen molar-refractivity contribution in [1.82, 2.24) is 0 Å². The fourth-order valence-electron chi connectivity index (χ4n) is 2.89. The van der Waals surface area contributed by atoms with E-state index in [1.54, 1.807) is 10.4 Å². The highest BCUT2D eigenvalue weighted by Gasteiger charge is 2.27. The molecule has 1 aromatic rings. The number of hydrogen-bond donors (Lipinski definition) is 1. The standard InChI is InChI=1S/C14H21NS/c15-14(10-6-4-7-10)13-9-11-5-2-1-3-8-12(11)16-13/h9-10,14H,1-8,15H2. The Hall–Kier alpha value is -0.340. The van der Waals surface area contributed by atoms with Crippen molar-refractivity contribution in [3.05, 3.63) is 21.4 Å². The molecule has 0 saturated heterocycles. The summed E-state index contributed by atoms with van der Waals surface area (Å²) in [7, 11) is 0. The highest BCUT2D eigenvalue weighted by molar-refractivity contribution is 7.12. The molecule has 1 unspecified atom stereocenters. The van der Waals surface area contributed by atoms with Crippen LogP contribution in [0.15, 0.2) is 6.07 Å². The first-order valence-electron chi connectivity index (χ1n) is 6.71. The largest absolute Gasteiger partial charge is 0.323 e. The Morgan fingerprint density at radius 1 is 1.12 bits per heavy atom. The number of fused-ring (bicyclic) bond motifs is 1. The van der Waals surface area contributed by atoms with E-state index in [9.17, 15) is 0 Å². The van der Waals surface area contributed by atoms with Crippen molar-refractivity contribution in [1.29, 1.82) is 0 Å². The minimum absolute atomic E-state index is 0.339. The van der Waals surface area contributed by atoms with Gasteiger partial charge in [0.2, 0.25) is 0 Å². The highest BCUT2D eigenvalue weighted by atomic mass is 32.1. The molecule has 0 amide bonds. The smallest absolute Gasteiger partial charge is 0.0418 e. The lowest BCUT2D eigenvalue weighted by Crippen LogP contribution is -2.26. The summed E-state index contributed by atoms with van der Waals surface area (Å²) in [5.41, 5.74) is 7.98. The van der Waals surface area contributed by atoms with Gasteiger partial charge in [0.25, 0.3) is 0 Å². The van der Waals surface area contributed by atoms with Crippen molar-refractivity contribution in [2.45, 2.75) is 57.4 Å². The van der Waals surface area contributed by atoms with Gasteiger partial charge >= 0.3 is 0 Å². The topological polar surface area (TPSA) is 26.0 Å². The molecule has 1 saturated carbocycles. The number of nitrogens with two attached hydrogens (primary N) is 1. The summed E-state index contributed by atoms with van der Waals surface area (Å²) in [4.78, 5) is 3.11. The lowest BCUT2D eigenvalue weighted by atomic mass is 9.79. The van der Waals surface area contributed by atoms with E-state index in [0.717, 1.165) is 5.92 Å². The van der Waals surface area contributed by atoms with Crippen molar-refractivity contribution in [3.63, 3.8) is 0 Å². The third kappa shape index (κ3) is 1.93. The van der Waals surface area contributed by atoms with E-state index < -0.39 is 0 Å². The van der Waals surface area contributed by atoms with Crippen molar-refractivity contribution in [3.8, 4) is 0 Å². The maximum Gasteiger partial charge on any atom is 0.0418 e. The summed E-state index contributed by atoms with van der Waals surface area (Å²) in [5.74, 6) is 0.780. The van der Waals surface area contributed by atoms with Crippen LogP contribution in [0.4, 0.5) is 0 Å². The monoisotopic (exact) mass is 235 g/mol. The van der Waals surface area contributed by atoms with Crippen LogP contribution >= 0.6 is 11.3 Å². The van der Waals surface area contributed by atoms with Gasteiger partial charge in [-0.05, 0) is 56.1 Å². The van der Waals surface area contributed by atoms with Crippen LogP contribution in [-0.4, -0.2) is 0 Å². The summed E-state index contributed by atoms with van der Waals surface area (Å²) in [5, 5.41) is 0. The Kier molecular flexibility index (Phi) is 3.03. The molecule has 0 radical (unpaired) electrons. The Balaban J connectivity index is 1.80.